The molecule has 0 atom stereocenters. The van der Waals surface area contributed by atoms with Crippen molar-refractivity contribution in [2.45, 2.75) is 20.0 Å². The lowest BCUT2D eigenvalue weighted by molar-refractivity contribution is -0.144. The van der Waals surface area contributed by atoms with E-state index in [1.54, 1.807) is 0 Å². The zero-order valence-corrected chi connectivity index (χ0v) is 12.5. The van der Waals surface area contributed by atoms with Crippen LogP contribution >= 0.6 is 0 Å². The molecule has 4 heteroatoms. The molecule has 0 unspecified atom stereocenters. The highest BCUT2D eigenvalue weighted by atomic mass is 16.6. The monoisotopic (exact) mass is 298 g/mol. The molecule has 0 N–H and O–H groups in total. The Labute approximate surface area is 129 Å². The van der Waals surface area contributed by atoms with Gasteiger partial charge >= 0.3 is 5.97 Å². The number of fused-ring (bicyclic) bond motifs is 1. The fourth-order valence-electron chi connectivity index (χ4n) is 2.38. The summed E-state index contributed by atoms with van der Waals surface area (Å²) in [6.45, 7) is 3.41. The van der Waals surface area contributed by atoms with E-state index in [1.807, 2.05) is 49.4 Å². The van der Waals surface area contributed by atoms with Crippen molar-refractivity contribution in [2.75, 3.05) is 13.2 Å². The predicted molar refractivity (Wildman–Crippen MR) is 82.1 cm³/mol. The summed E-state index contributed by atoms with van der Waals surface area (Å²) in [5.74, 6) is 1.16. The third kappa shape index (κ3) is 3.58. The van der Waals surface area contributed by atoms with Crippen molar-refractivity contribution in [2.24, 2.45) is 0 Å². The first-order valence-corrected chi connectivity index (χ1v) is 7.30. The minimum Gasteiger partial charge on any atom is -0.486 e. The summed E-state index contributed by atoms with van der Waals surface area (Å²) in [5.41, 5.74) is 3.01. The Bertz CT molecular complexity index is 679. The van der Waals surface area contributed by atoms with Crippen molar-refractivity contribution >= 4 is 5.97 Å². The Balaban J connectivity index is 1.57. The maximum atomic E-state index is 11.9. The molecular formula is C18H18O4. The molecule has 0 radical (unpaired) electrons. The van der Waals surface area contributed by atoms with Gasteiger partial charge in [0.05, 0.1) is 6.42 Å². The van der Waals surface area contributed by atoms with Crippen LogP contribution in [0.4, 0.5) is 0 Å². The van der Waals surface area contributed by atoms with Crippen LogP contribution < -0.4 is 9.47 Å². The molecular weight excluding hydrogens is 280 g/mol. The van der Waals surface area contributed by atoms with Crippen LogP contribution in [0.15, 0.2) is 42.5 Å². The predicted octanol–water partition coefficient (Wildman–Crippen LogP) is 3.05. The zero-order valence-electron chi connectivity index (χ0n) is 12.5. The van der Waals surface area contributed by atoms with E-state index >= 15 is 0 Å². The van der Waals surface area contributed by atoms with Gasteiger partial charge in [-0.1, -0.05) is 35.9 Å². The minimum atomic E-state index is -0.252. The lowest BCUT2D eigenvalue weighted by Gasteiger charge is -2.18. The van der Waals surface area contributed by atoms with E-state index < -0.39 is 0 Å². The lowest BCUT2D eigenvalue weighted by Crippen LogP contribution is -2.15. The lowest BCUT2D eigenvalue weighted by atomic mass is 10.1. The molecule has 1 aliphatic rings. The molecule has 4 nitrogen and oxygen atoms in total. The second-order valence-electron chi connectivity index (χ2n) is 5.30. The second kappa shape index (κ2) is 6.52. The maximum absolute atomic E-state index is 11.9. The number of esters is 1. The molecule has 0 fully saturated rings. The molecule has 22 heavy (non-hydrogen) atoms. The van der Waals surface area contributed by atoms with Crippen LogP contribution in [-0.2, 0) is 22.6 Å². The van der Waals surface area contributed by atoms with Gasteiger partial charge < -0.3 is 14.2 Å². The van der Waals surface area contributed by atoms with Crippen molar-refractivity contribution in [1.82, 2.24) is 0 Å². The Morgan fingerprint density at radius 1 is 1.05 bits per heavy atom. The van der Waals surface area contributed by atoms with Crippen LogP contribution in [-0.4, -0.2) is 19.2 Å². The van der Waals surface area contributed by atoms with Gasteiger partial charge in [-0.25, -0.2) is 0 Å². The molecule has 0 amide bonds. The van der Waals surface area contributed by atoms with Gasteiger partial charge in [-0.2, -0.15) is 0 Å². The quantitative estimate of drug-likeness (QED) is 0.814. The normalized spacial score (nSPS) is 12.8. The van der Waals surface area contributed by atoms with Gasteiger partial charge in [0.15, 0.2) is 11.5 Å². The summed E-state index contributed by atoms with van der Waals surface area (Å²) in [5, 5.41) is 0. The van der Waals surface area contributed by atoms with E-state index in [0.717, 1.165) is 22.4 Å². The standard InChI is InChI=1S/C18H18O4/c1-13-3-2-4-15(9-13)12-22-18(19)11-14-5-6-16-17(10-14)21-8-7-20-16/h2-6,9-10H,7-8,11-12H2,1H3. The largest absolute Gasteiger partial charge is 0.486 e. The van der Waals surface area contributed by atoms with Crippen molar-refractivity contribution in [3.8, 4) is 11.5 Å². The number of hydrogen-bond donors (Lipinski definition) is 0. The topological polar surface area (TPSA) is 44.8 Å². The molecule has 0 aromatic heterocycles. The van der Waals surface area contributed by atoms with E-state index in [4.69, 9.17) is 14.2 Å². The van der Waals surface area contributed by atoms with E-state index in [-0.39, 0.29) is 12.4 Å². The summed E-state index contributed by atoms with van der Waals surface area (Å²) < 4.78 is 16.3. The highest BCUT2D eigenvalue weighted by Crippen LogP contribution is 2.30. The Morgan fingerprint density at radius 2 is 1.86 bits per heavy atom. The number of hydrogen-bond acceptors (Lipinski definition) is 4. The van der Waals surface area contributed by atoms with Crippen LogP contribution in [0, 0.1) is 6.92 Å². The fourth-order valence-corrected chi connectivity index (χ4v) is 2.38. The van der Waals surface area contributed by atoms with Crippen LogP contribution in [0.3, 0.4) is 0 Å². The highest BCUT2D eigenvalue weighted by molar-refractivity contribution is 5.73. The molecule has 2 aromatic carbocycles. The fraction of sp³-hybridized carbons (Fsp3) is 0.278. The minimum absolute atomic E-state index is 0.225. The van der Waals surface area contributed by atoms with Crippen LogP contribution in [0.1, 0.15) is 16.7 Å². The maximum Gasteiger partial charge on any atom is 0.310 e. The summed E-state index contributed by atoms with van der Waals surface area (Å²) in [4.78, 5) is 11.9. The number of carbonyl (C=O) groups excluding carboxylic acids is 1. The summed E-state index contributed by atoms with van der Waals surface area (Å²) >= 11 is 0. The van der Waals surface area contributed by atoms with Crippen molar-refractivity contribution < 1.29 is 19.0 Å². The zero-order chi connectivity index (χ0) is 15.4. The average molecular weight is 298 g/mol. The summed E-state index contributed by atoms with van der Waals surface area (Å²) in [7, 11) is 0. The molecule has 3 rings (SSSR count). The third-order valence-electron chi connectivity index (χ3n) is 3.44. The Kier molecular flexibility index (Phi) is 4.28. The number of carbonyl (C=O) groups is 1. The van der Waals surface area contributed by atoms with Crippen molar-refractivity contribution in [1.29, 1.82) is 0 Å². The number of ether oxygens (including phenoxy) is 3. The van der Waals surface area contributed by atoms with Gasteiger partial charge in [-0.3, -0.25) is 4.79 Å². The molecule has 0 aliphatic carbocycles. The van der Waals surface area contributed by atoms with Gasteiger partial charge in [0.25, 0.3) is 0 Å². The average Bonchev–Trinajstić information content (AvgIpc) is 2.53. The van der Waals surface area contributed by atoms with Gasteiger partial charge in [0.2, 0.25) is 0 Å². The van der Waals surface area contributed by atoms with Crippen LogP contribution in [0.5, 0.6) is 11.5 Å². The van der Waals surface area contributed by atoms with E-state index in [0.29, 0.717) is 25.6 Å². The number of rotatable bonds is 4. The highest BCUT2D eigenvalue weighted by Gasteiger charge is 2.13. The summed E-state index contributed by atoms with van der Waals surface area (Å²) in [6, 6.07) is 13.5. The van der Waals surface area contributed by atoms with E-state index in [1.165, 1.54) is 0 Å². The number of aryl methyl sites for hydroxylation is 1. The molecule has 114 valence electrons. The third-order valence-corrected chi connectivity index (χ3v) is 3.44. The molecule has 2 aromatic rings. The van der Waals surface area contributed by atoms with Crippen molar-refractivity contribution in [3.05, 3.63) is 59.2 Å². The van der Waals surface area contributed by atoms with E-state index in [9.17, 15) is 4.79 Å². The SMILES string of the molecule is Cc1cccc(COC(=O)Cc2ccc3c(c2)OCCO3)c1. The first kappa shape index (κ1) is 14.4. The van der Waals surface area contributed by atoms with Crippen molar-refractivity contribution in [3.63, 3.8) is 0 Å². The second-order valence-corrected chi connectivity index (χ2v) is 5.30. The number of benzene rings is 2. The molecule has 1 heterocycles. The first-order chi connectivity index (χ1) is 10.7. The first-order valence-electron chi connectivity index (χ1n) is 7.30. The van der Waals surface area contributed by atoms with Gasteiger partial charge in [-0.05, 0) is 30.2 Å². The molecule has 0 bridgehead atoms. The Hall–Kier alpha value is -2.49. The summed E-state index contributed by atoms with van der Waals surface area (Å²) in [6.07, 6.45) is 0.225. The van der Waals surface area contributed by atoms with Gasteiger partial charge in [0.1, 0.15) is 19.8 Å². The van der Waals surface area contributed by atoms with E-state index in [2.05, 4.69) is 0 Å². The van der Waals surface area contributed by atoms with Gasteiger partial charge in [-0.15, -0.1) is 0 Å². The van der Waals surface area contributed by atoms with Gasteiger partial charge in [0, 0.05) is 0 Å². The van der Waals surface area contributed by atoms with Crippen LogP contribution in [0.25, 0.3) is 0 Å². The van der Waals surface area contributed by atoms with Crippen LogP contribution in [0.2, 0.25) is 0 Å². The molecule has 0 saturated heterocycles. The smallest absolute Gasteiger partial charge is 0.310 e. The molecule has 1 aliphatic heterocycles. The molecule has 0 spiro atoms. The molecule has 0 saturated carbocycles. The Morgan fingerprint density at radius 3 is 2.68 bits per heavy atom.